The number of hydrogen-bond donors (Lipinski definition) is 0. The largest absolute Gasteiger partial charge is 0.466 e. The summed E-state index contributed by atoms with van der Waals surface area (Å²) in [6.07, 6.45) is 3.67. The standard InChI is InChI=1S/C12H18O/c1-5-6-10-7-8-11(13-10)9-12(2,3)4/h5,7-8H,1,6,9H2,2-4H3. The van der Waals surface area contributed by atoms with E-state index in [0.29, 0.717) is 5.41 Å². The van der Waals surface area contributed by atoms with Gasteiger partial charge in [0.15, 0.2) is 0 Å². The molecule has 1 heterocycles. The molecular weight excluding hydrogens is 160 g/mol. The molecule has 0 saturated heterocycles. The molecule has 0 fully saturated rings. The van der Waals surface area contributed by atoms with Crippen LogP contribution in [-0.2, 0) is 12.8 Å². The lowest BCUT2D eigenvalue weighted by molar-refractivity contribution is 0.356. The number of rotatable bonds is 3. The predicted octanol–water partition coefficient (Wildman–Crippen LogP) is 3.60. The van der Waals surface area contributed by atoms with E-state index in [4.69, 9.17) is 4.42 Å². The lowest BCUT2D eigenvalue weighted by Gasteiger charge is -2.15. The van der Waals surface area contributed by atoms with E-state index in [0.717, 1.165) is 24.4 Å². The normalized spacial score (nSPS) is 11.6. The van der Waals surface area contributed by atoms with Gasteiger partial charge >= 0.3 is 0 Å². The summed E-state index contributed by atoms with van der Waals surface area (Å²) in [4.78, 5) is 0. The average molecular weight is 178 g/mol. The van der Waals surface area contributed by atoms with Gasteiger partial charge in [0, 0.05) is 12.8 Å². The molecule has 0 radical (unpaired) electrons. The van der Waals surface area contributed by atoms with Gasteiger partial charge in [0.2, 0.25) is 0 Å². The lowest BCUT2D eigenvalue weighted by atomic mass is 9.91. The molecule has 0 unspecified atom stereocenters. The molecule has 0 aliphatic rings. The van der Waals surface area contributed by atoms with Crippen LogP contribution in [0.2, 0.25) is 0 Å². The third-order valence-electron chi connectivity index (χ3n) is 1.77. The molecule has 72 valence electrons. The zero-order chi connectivity index (χ0) is 9.90. The maximum absolute atomic E-state index is 5.63. The maximum Gasteiger partial charge on any atom is 0.107 e. The number of hydrogen-bond acceptors (Lipinski definition) is 1. The summed E-state index contributed by atoms with van der Waals surface area (Å²) in [6, 6.07) is 4.09. The third kappa shape index (κ3) is 3.49. The summed E-state index contributed by atoms with van der Waals surface area (Å²) < 4.78 is 5.63. The predicted molar refractivity (Wildman–Crippen MR) is 55.8 cm³/mol. The van der Waals surface area contributed by atoms with Gasteiger partial charge in [0.25, 0.3) is 0 Å². The maximum atomic E-state index is 5.63. The molecule has 0 saturated carbocycles. The Balaban J connectivity index is 2.63. The van der Waals surface area contributed by atoms with Crippen molar-refractivity contribution in [2.45, 2.75) is 33.6 Å². The molecule has 0 aliphatic carbocycles. The highest BCUT2D eigenvalue weighted by atomic mass is 16.3. The highest BCUT2D eigenvalue weighted by Gasteiger charge is 2.13. The van der Waals surface area contributed by atoms with Crippen molar-refractivity contribution in [3.05, 3.63) is 36.3 Å². The summed E-state index contributed by atoms with van der Waals surface area (Å²) in [6.45, 7) is 10.3. The first-order chi connectivity index (χ1) is 6.01. The van der Waals surface area contributed by atoms with Crippen LogP contribution < -0.4 is 0 Å². The van der Waals surface area contributed by atoms with E-state index >= 15 is 0 Å². The molecule has 0 amide bonds. The van der Waals surface area contributed by atoms with Crippen molar-refractivity contribution < 1.29 is 4.42 Å². The Morgan fingerprint density at radius 3 is 2.46 bits per heavy atom. The minimum absolute atomic E-state index is 0.295. The molecule has 0 aliphatic heterocycles. The summed E-state index contributed by atoms with van der Waals surface area (Å²) >= 11 is 0. The summed E-state index contributed by atoms with van der Waals surface area (Å²) in [5, 5.41) is 0. The van der Waals surface area contributed by atoms with Crippen LogP contribution in [0.4, 0.5) is 0 Å². The smallest absolute Gasteiger partial charge is 0.107 e. The Morgan fingerprint density at radius 2 is 1.92 bits per heavy atom. The first-order valence-corrected chi connectivity index (χ1v) is 4.70. The van der Waals surface area contributed by atoms with Gasteiger partial charge in [-0.15, -0.1) is 6.58 Å². The minimum Gasteiger partial charge on any atom is -0.466 e. The van der Waals surface area contributed by atoms with Gasteiger partial charge in [0.05, 0.1) is 0 Å². The Labute approximate surface area is 80.5 Å². The SMILES string of the molecule is C=CCc1ccc(CC(C)(C)C)o1. The highest BCUT2D eigenvalue weighted by Crippen LogP contribution is 2.22. The Kier molecular flexibility index (Phi) is 2.97. The molecule has 1 nitrogen and oxygen atoms in total. The van der Waals surface area contributed by atoms with Crippen molar-refractivity contribution >= 4 is 0 Å². The summed E-state index contributed by atoms with van der Waals surface area (Å²) in [7, 11) is 0. The fourth-order valence-electron chi connectivity index (χ4n) is 1.29. The van der Waals surface area contributed by atoms with Crippen molar-refractivity contribution in [1.29, 1.82) is 0 Å². The monoisotopic (exact) mass is 178 g/mol. The summed E-state index contributed by atoms with van der Waals surface area (Å²) in [5.41, 5.74) is 0.295. The van der Waals surface area contributed by atoms with E-state index in [1.54, 1.807) is 0 Å². The number of allylic oxidation sites excluding steroid dienone is 1. The fraction of sp³-hybridized carbons (Fsp3) is 0.500. The molecule has 0 N–H and O–H groups in total. The number of furan rings is 1. The van der Waals surface area contributed by atoms with Crippen LogP contribution in [0.15, 0.2) is 29.2 Å². The molecule has 1 heteroatoms. The first-order valence-electron chi connectivity index (χ1n) is 4.70. The Morgan fingerprint density at radius 1 is 1.31 bits per heavy atom. The van der Waals surface area contributed by atoms with Gasteiger partial charge in [-0.3, -0.25) is 0 Å². The van der Waals surface area contributed by atoms with Gasteiger partial charge in [-0.25, -0.2) is 0 Å². The Bertz CT molecular complexity index is 276. The van der Waals surface area contributed by atoms with Crippen molar-refractivity contribution in [2.24, 2.45) is 5.41 Å². The molecule has 1 aromatic rings. The van der Waals surface area contributed by atoms with Crippen LogP contribution in [0.1, 0.15) is 32.3 Å². The second-order valence-corrected chi connectivity index (χ2v) is 4.60. The van der Waals surface area contributed by atoms with Crippen LogP contribution in [0, 0.1) is 5.41 Å². The zero-order valence-corrected chi connectivity index (χ0v) is 8.76. The Hall–Kier alpha value is -0.980. The minimum atomic E-state index is 0.295. The second kappa shape index (κ2) is 3.82. The van der Waals surface area contributed by atoms with Crippen molar-refractivity contribution in [3.8, 4) is 0 Å². The van der Waals surface area contributed by atoms with Gasteiger partial charge in [-0.1, -0.05) is 26.8 Å². The van der Waals surface area contributed by atoms with E-state index in [1.165, 1.54) is 0 Å². The van der Waals surface area contributed by atoms with Crippen LogP contribution in [0.3, 0.4) is 0 Å². The van der Waals surface area contributed by atoms with Crippen molar-refractivity contribution in [3.63, 3.8) is 0 Å². The van der Waals surface area contributed by atoms with Gasteiger partial charge < -0.3 is 4.42 Å². The molecule has 0 bridgehead atoms. The first kappa shape index (κ1) is 10.1. The van der Waals surface area contributed by atoms with E-state index in [-0.39, 0.29) is 0 Å². The van der Waals surface area contributed by atoms with Crippen molar-refractivity contribution in [1.82, 2.24) is 0 Å². The quantitative estimate of drug-likeness (QED) is 0.644. The third-order valence-corrected chi connectivity index (χ3v) is 1.77. The average Bonchev–Trinajstić information content (AvgIpc) is 2.33. The molecule has 1 aromatic heterocycles. The van der Waals surface area contributed by atoms with E-state index < -0.39 is 0 Å². The molecule has 0 aromatic carbocycles. The molecule has 13 heavy (non-hydrogen) atoms. The summed E-state index contributed by atoms with van der Waals surface area (Å²) in [5.74, 6) is 2.08. The fourth-order valence-corrected chi connectivity index (χ4v) is 1.29. The molecule has 0 atom stereocenters. The molecular formula is C12H18O. The van der Waals surface area contributed by atoms with E-state index in [2.05, 4.69) is 33.4 Å². The molecule has 1 rings (SSSR count). The van der Waals surface area contributed by atoms with Gasteiger partial charge in [-0.2, -0.15) is 0 Å². The topological polar surface area (TPSA) is 13.1 Å². The van der Waals surface area contributed by atoms with Crippen molar-refractivity contribution in [2.75, 3.05) is 0 Å². The van der Waals surface area contributed by atoms with E-state index in [1.807, 2.05) is 12.1 Å². The zero-order valence-electron chi connectivity index (χ0n) is 8.76. The van der Waals surface area contributed by atoms with Gasteiger partial charge in [-0.05, 0) is 17.5 Å². The van der Waals surface area contributed by atoms with Gasteiger partial charge in [0.1, 0.15) is 11.5 Å². The molecule has 0 spiro atoms. The lowest BCUT2D eigenvalue weighted by Crippen LogP contribution is -2.08. The van der Waals surface area contributed by atoms with Crippen LogP contribution in [0.25, 0.3) is 0 Å². The van der Waals surface area contributed by atoms with Crippen LogP contribution in [0.5, 0.6) is 0 Å². The van der Waals surface area contributed by atoms with Crippen LogP contribution >= 0.6 is 0 Å². The second-order valence-electron chi connectivity index (χ2n) is 4.60. The van der Waals surface area contributed by atoms with E-state index in [9.17, 15) is 0 Å². The highest BCUT2D eigenvalue weighted by molar-refractivity contribution is 5.10. The van der Waals surface area contributed by atoms with Crippen LogP contribution in [-0.4, -0.2) is 0 Å².